The quantitative estimate of drug-likeness (QED) is 0.730. The average molecular weight is 237 g/mol. The van der Waals surface area contributed by atoms with Crippen LogP contribution in [-0.2, 0) is 4.79 Å². The van der Waals surface area contributed by atoms with Gasteiger partial charge in [-0.1, -0.05) is 19.8 Å². The summed E-state index contributed by atoms with van der Waals surface area (Å²) in [5, 5.41) is 0. The molecule has 2 heteroatoms. The van der Waals surface area contributed by atoms with Crippen LogP contribution in [0.2, 0.25) is 0 Å². The van der Waals surface area contributed by atoms with E-state index in [0.29, 0.717) is 12.2 Å². The first-order valence-corrected chi connectivity index (χ1v) is 7.57. The smallest absolute Gasteiger partial charge is 0.132 e. The second-order valence-corrected chi connectivity index (χ2v) is 5.79. The van der Waals surface area contributed by atoms with Crippen molar-refractivity contribution in [3.05, 3.63) is 0 Å². The number of likely N-dealkylation sites (tertiary alicyclic amines) is 1. The molecule has 2 aliphatic rings. The normalized spacial score (nSPS) is 29.9. The molecule has 0 spiro atoms. The van der Waals surface area contributed by atoms with Crippen LogP contribution in [0.5, 0.6) is 0 Å². The van der Waals surface area contributed by atoms with Crippen LogP contribution in [0, 0.1) is 5.92 Å². The number of carbonyl (C=O) groups excluding carboxylic acids is 1. The van der Waals surface area contributed by atoms with Crippen LogP contribution in [0.4, 0.5) is 0 Å². The monoisotopic (exact) mass is 237 g/mol. The summed E-state index contributed by atoms with van der Waals surface area (Å²) in [5.74, 6) is 1.40. The van der Waals surface area contributed by atoms with Gasteiger partial charge in [0, 0.05) is 18.9 Å². The summed E-state index contributed by atoms with van der Waals surface area (Å²) in [7, 11) is 0. The lowest BCUT2D eigenvalue weighted by molar-refractivity contribution is -0.119. The van der Waals surface area contributed by atoms with Crippen LogP contribution in [-0.4, -0.2) is 29.8 Å². The Kier molecular flexibility index (Phi) is 5.02. The molecule has 0 aromatic carbocycles. The Hall–Kier alpha value is -0.370. The van der Waals surface area contributed by atoms with Crippen LogP contribution in [0.25, 0.3) is 0 Å². The minimum atomic E-state index is 0.433. The molecule has 1 saturated heterocycles. The van der Waals surface area contributed by atoms with E-state index < -0.39 is 0 Å². The van der Waals surface area contributed by atoms with Crippen molar-refractivity contribution >= 4 is 5.78 Å². The largest absolute Gasteiger partial charge is 0.300 e. The second-order valence-electron chi connectivity index (χ2n) is 5.79. The Bertz CT molecular complexity index is 249. The van der Waals surface area contributed by atoms with Crippen LogP contribution in [0.15, 0.2) is 0 Å². The van der Waals surface area contributed by atoms with Crippen molar-refractivity contribution in [2.24, 2.45) is 5.92 Å². The van der Waals surface area contributed by atoms with E-state index in [0.717, 1.165) is 31.3 Å². The zero-order valence-corrected chi connectivity index (χ0v) is 11.3. The first-order chi connectivity index (χ1) is 8.31. The fourth-order valence-electron chi connectivity index (χ4n) is 3.66. The molecule has 0 amide bonds. The lowest BCUT2D eigenvalue weighted by Crippen LogP contribution is -2.47. The minimum absolute atomic E-state index is 0.433. The van der Waals surface area contributed by atoms with E-state index in [2.05, 4.69) is 4.90 Å². The summed E-state index contributed by atoms with van der Waals surface area (Å²) in [4.78, 5) is 14.0. The number of carbonyl (C=O) groups is 1. The van der Waals surface area contributed by atoms with Crippen LogP contribution in [0.3, 0.4) is 0 Å². The SMILES string of the molecule is CCC(=O)CCCN1CCC[C@H]2CCCC[C@H]21. The second kappa shape index (κ2) is 6.53. The molecule has 0 unspecified atom stereocenters. The van der Waals surface area contributed by atoms with E-state index >= 15 is 0 Å². The third kappa shape index (κ3) is 3.54. The number of fused-ring (bicyclic) bond motifs is 1. The number of hydrogen-bond donors (Lipinski definition) is 0. The van der Waals surface area contributed by atoms with Crippen molar-refractivity contribution in [2.45, 2.75) is 70.8 Å². The molecule has 0 N–H and O–H groups in total. The standard InChI is InChI=1S/C15H27NO/c1-2-14(17)9-6-12-16-11-5-8-13-7-3-4-10-15(13)16/h13,15H,2-12H2,1H3/t13-,15-/m1/s1. The third-order valence-electron chi connectivity index (χ3n) is 4.65. The molecule has 2 atom stereocenters. The lowest BCUT2D eigenvalue weighted by Gasteiger charge is -2.44. The number of ketones is 1. The third-order valence-corrected chi connectivity index (χ3v) is 4.65. The van der Waals surface area contributed by atoms with Gasteiger partial charge in [-0.25, -0.2) is 0 Å². The molecule has 1 saturated carbocycles. The molecule has 2 rings (SSSR count). The van der Waals surface area contributed by atoms with E-state index in [1.165, 1.54) is 45.1 Å². The summed E-state index contributed by atoms with van der Waals surface area (Å²) in [6.07, 6.45) is 11.2. The molecule has 1 aliphatic heterocycles. The van der Waals surface area contributed by atoms with Crippen molar-refractivity contribution in [1.29, 1.82) is 0 Å². The van der Waals surface area contributed by atoms with E-state index in [1.807, 2.05) is 6.92 Å². The summed E-state index contributed by atoms with van der Waals surface area (Å²) in [5.41, 5.74) is 0. The highest BCUT2D eigenvalue weighted by molar-refractivity contribution is 5.77. The molecular formula is C15H27NO. The fourth-order valence-corrected chi connectivity index (χ4v) is 3.66. The molecule has 0 radical (unpaired) electrons. The number of nitrogens with zero attached hydrogens (tertiary/aromatic N) is 1. The number of Topliss-reactive ketones (excluding diaryl/α,β-unsaturated/α-hetero) is 1. The molecule has 0 aromatic rings. The van der Waals surface area contributed by atoms with E-state index in [9.17, 15) is 4.79 Å². The zero-order chi connectivity index (χ0) is 12.1. The molecular weight excluding hydrogens is 210 g/mol. The molecule has 2 nitrogen and oxygen atoms in total. The Labute approximate surface area is 106 Å². The van der Waals surface area contributed by atoms with Crippen molar-refractivity contribution in [3.63, 3.8) is 0 Å². The predicted molar refractivity (Wildman–Crippen MR) is 71.1 cm³/mol. The van der Waals surface area contributed by atoms with Gasteiger partial charge >= 0.3 is 0 Å². The molecule has 2 fully saturated rings. The molecule has 0 bridgehead atoms. The van der Waals surface area contributed by atoms with Crippen molar-refractivity contribution < 1.29 is 4.79 Å². The summed E-state index contributed by atoms with van der Waals surface area (Å²) in [6.45, 7) is 4.41. The number of piperidine rings is 1. The minimum Gasteiger partial charge on any atom is -0.300 e. The van der Waals surface area contributed by atoms with Gasteiger partial charge < -0.3 is 4.90 Å². The summed E-state index contributed by atoms with van der Waals surface area (Å²) in [6, 6.07) is 0.856. The van der Waals surface area contributed by atoms with E-state index in [4.69, 9.17) is 0 Å². The van der Waals surface area contributed by atoms with E-state index in [-0.39, 0.29) is 0 Å². The van der Waals surface area contributed by atoms with Crippen LogP contribution in [0.1, 0.15) is 64.7 Å². The maximum atomic E-state index is 11.3. The summed E-state index contributed by atoms with van der Waals surface area (Å²) < 4.78 is 0. The lowest BCUT2D eigenvalue weighted by atomic mass is 9.78. The maximum Gasteiger partial charge on any atom is 0.132 e. The van der Waals surface area contributed by atoms with E-state index in [1.54, 1.807) is 0 Å². The van der Waals surface area contributed by atoms with Gasteiger partial charge in [-0.2, -0.15) is 0 Å². The van der Waals surface area contributed by atoms with Gasteiger partial charge in [0.05, 0.1) is 0 Å². The predicted octanol–water partition coefficient (Wildman–Crippen LogP) is 3.40. The Morgan fingerprint density at radius 3 is 2.76 bits per heavy atom. The topological polar surface area (TPSA) is 20.3 Å². The Morgan fingerprint density at radius 2 is 1.94 bits per heavy atom. The Morgan fingerprint density at radius 1 is 1.18 bits per heavy atom. The average Bonchev–Trinajstić information content (AvgIpc) is 2.39. The van der Waals surface area contributed by atoms with Crippen molar-refractivity contribution in [3.8, 4) is 0 Å². The zero-order valence-electron chi connectivity index (χ0n) is 11.3. The molecule has 17 heavy (non-hydrogen) atoms. The first-order valence-electron chi connectivity index (χ1n) is 7.57. The van der Waals surface area contributed by atoms with Gasteiger partial charge in [-0.3, -0.25) is 4.79 Å². The highest BCUT2D eigenvalue weighted by atomic mass is 16.1. The maximum absolute atomic E-state index is 11.3. The van der Waals surface area contributed by atoms with Gasteiger partial charge in [-0.05, 0) is 51.1 Å². The number of hydrogen-bond acceptors (Lipinski definition) is 2. The number of rotatable bonds is 5. The molecule has 98 valence electrons. The summed E-state index contributed by atoms with van der Waals surface area (Å²) >= 11 is 0. The van der Waals surface area contributed by atoms with Gasteiger partial charge in [0.25, 0.3) is 0 Å². The fraction of sp³-hybridized carbons (Fsp3) is 0.933. The highest BCUT2D eigenvalue weighted by Crippen LogP contribution is 2.35. The first kappa shape index (κ1) is 13.1. The van der Waals surface area contributed by atoms with Crippen LogP contribution >= 0.6 is 0 Å². The van der Waals surface area contributed by atoms with Gasteiger partial charge in [0.1, 0.15) is 5.78 Å². The molecule has 0 aromatic heterocycles. The van der Waals surface area contributed by atoms with Crippen LogP contribution < -0.4 is 0 Å². The molecule has 1 aliphatic carbocycles. The highest BCUT2D eigenvalue weighted by Gasteiger charge is 2.32. The molecule has 1 heterocycles. The van der Waals surface area contributed by atoms with Gasteiger partial charge in [-0.15, -0.1) is 0 Å². The van der Waals surface area contributed by atoms with Gasteiger partial charge in [0.2, 0.25) is 0 Å². The van der Waals surface area contributed by atoms with Crippen molar-refractivity contribution in [2.75, 3.05) is 13.1 Å². The van der Waals surface area contributed by atoms with Gasteiger partial charge in [0.15, 0.2) is 0 Å². The van der Waals surface area contributed by atoms with Crippen molar-refractivity contribution in [1.82, 2.24) is 4.90 Å². The Balaban J connectivity index is 1.76.